The van der Waals surface area contributed by atoms with Crippen molar-refractivity contribution in [2.75, 3.05) is 13.1 Å². The maximum atomic E-state index is 12.5. The van der Waals surface area contributed by atoms with E-state index in [2.05, 4.69) is 20.9 Å². The molecule has 6 nitrogen and oxygen atoms in total. The van der Waals surface area contributed by atoms with Gasteiger partial charge in [0.1, 0.15) is 6.54 Å². The zero-order valence-electron chi connectivity index (χ0n) is 13.3. The fourth-order valence-electron chi connectivity index (χ4n) is 3.14. The molecule has 2 atom stereocenters. The highest BCUT2D eigenvalue weighted by molar-refractivity contribution is 9.10. The molecule has 1 aliphatic heterocycles. The average molecular weight is 416 g/mol. The van der Waals surface area contributed by atoms with Crippen LogP contribution in [0.4, 0.5) is 0 Å². The second kappa shape index (κ2) is 7.63. The molecule has 0 spiro atoms. The minimum Gasteiger partial charge on any atom is -0.338 e. The topological polar surface area (TPSA) is 81.2 Å². The first-order chi connectivity index (χ1) is 11.0. The monoisotopic (exact) mass is 414 g/mol. The summed E-state index contributed by atoms with van der Waals surface area (Å²) in [6.07, 6.45) is 2.36. The molecular weight excluding hydrogens is 396 g/mol. The Kier molecular flexibility index (Phi) is 6.01. The lowest BCUT2D eigenvalue weighted by Gasteiger charge is -2.22. The van der Waals surface area contributed by atoms with E-state index in [1.165, 1.54) is 10.9 Å². The van der Waals surface area contributed by atoms with Crippen LogP contribution in [0.5, 0.6) is 0 Å². The van der Waals surface area contributed by atoms with Crippen molar-refractivity contribution in [3.63, 3.8) is 0 Å². The lowest BCUT2D eigenvalue weighted by atomic mass is 10.1. The number of hydrogen-bond acceptors (Lipinski definition) is 4. The molecule has 0 aliphatic carbocycles. The van der Waals surface area contributed by atoms with Crippen LogP contribution in [0.1, 0.15) is 13.3 Å². The number of halogens is 2. The molecule has 2 unspecified atom stereocenters. The highest BCUT2D eigenvalue weighted by Crippen LogP contribution is 2.22. The lowest BCUT2D eigenvalue weighted by Crippen LogP contribution is -2.39. The minimum atomic E-state index is -0.202. The Hall–Kier alpha value is -1.44. The zero-order valence-corrected chi connectivity index (χ0v) is 15.7. The number of amides is 1. The number of likely N-dealkylation sites (tertiary alicyclic amines) is 1. The molecule has 1 aromatic carbocycles. The molecule has 2 heterocycles. The van der Waals surface area contributed by atoms with Gasteiger partial charge in [-0.3, -0.25) is 14.2 Å². The Labute approximate surface area is 154 Å². The molecule has 8 heteroatoms. The van der Waals surface area contributed by atoms with Crippen LogP contribution in [0.25, 0.3) is 10.9 Å². The second-order valence-corrected chi connectivity index (χ2v) is 6.99. The van der Waals surface area contributed by atoms with Crippen LogP contribution >= 0.6 is 28.3 Å². The smallest absolute Gasteiger partial charge is 0.261 e. The molecule has 1 aliphatic rings. The van der Waals surface area contributed by atoms with Crippen molar-refractivity contribution in [1.82, 2.24) is 14.5 Å². The van der Waals surface area contributed by atoms with Crippen LogP contribution in [-0.4, -0.2) is 39.5 Å². The SMILES string of the molecule is CC1CC(CN)CN1C(=O)Cn1cnc2ccc(Br)cc2c1=O.Cl. The summed E-state index contributed by atoms with van der Waals surface area (Å²) in [6, 6.07) is 5.51. The van der Waals surface area contributed by atoms with Gasteiger partial charge in [0.15, 0.2) is 0 Å². The summed E-state index contributed by atoms with van der Waals surface area (Å²) in [5, 5.41) is 0.504. The van der Waals surface area contributed by atoms with Crippen molar-refractivity contribution in [3.05, 3.63) is 39.4 Å². The van der Waals surface area contributed by atoms with Crippen molar-refractivity contribution in [1.29, 1.82) is 0 Å². The first kappa shape index (κ1) is 18.9. The first-order valence-electron chi connectivity index (χ1n) is 7.64. The number of rotatable bonds is 3. The average Bonchev–Trinajstić information content (AvgIpc) is 2.92. The fourth-order valence-corrected chi connectivity index (χ4v) is 3.50. The van der Waals surface area contributed by atoms with Crippen LogP contribution < -0.4 is 11.3 Å². The van der Waals surface area contributed by atoms with Crippen molar-refractivity contribution in [2.45, 2.75) is 25.9 Å². The Morgan fingerprint density at radius 2 is 2.21 bits per heavy atom. The van der Waals surface area contributed by atoms with Gasteiger partial charge in [0.25, 0.3) is 5.56 Å². The maximum Gasteiger partial charge on any atom is 0.261 e. The summed E-state index contributed by atoms with van der Waals surface area (Å²) in [5.41, 5.74) is 6.13. The highest BCUT2D eigenvalue weighted by atomic mass is 79.9. The van der Waals surface area contributed by atoms with Gasteiger partial charge < -0.3 is 10.6 Å². The third-order valence-corrected chi connectivity index (χ3v) is 4.90. The molecule has 130 valence electrons. The largest absolute Gasteiger partial charge is 0.338 e. The van der Waals surface area contributed by atoms with E-state index in [4.69, 9.17) is 5.73 Å². The molecule has 3 rings (SSSR count). The van der Waals surface area contributed by atoms with E-state index in [1.54, 1.807) is 12.1 Å². The van der Waals surface area contributed by atoms with Gasteiger partial charge in [-0.25, -0.2) is 4.98 Å². The fraction of sp³-hybridized carbons (Fsp3) is 0.438. The van der Waals surface area contributed by atoms with Gasteiger partial charge in [-0.1, -0.05) is 15.9 Å². The standard InChI is InChI=1S/C16H19BrN4O2.ClH/c1-10-4-11(6-18)7-21(10)15(22)8-20-9-19-14-3-2-12(17)5-13(14)16(20)23;/h2-3,5,9-11H,4,6-8,18H2,1H3;1H. The van der Waals surface area contributed by atoms with Gasteiger partial charge in [-0.15, -0.1) is 12.4 Å². The van der Waals surface area contributed by atoms with Crippen molar-refractivity contribution in [2.24, 2.45) is 11.7 Å². The molecule has 2 aromatic rings. The number of aromatic nitrogens is 2. The highest BCUT2D eigenvalue weighted by Gasteiger charge is 2.31. The van der Waals surface area contributed by atoms with Gasteiger partial charge >= 0.3 is 0 Å². The van der Waals surface area contributed by atoms with Gasteiger partial charge in [0.05, 0.1) is 17.2 Å². The number of carbonyl (C=O) groups is 1. The van der Waals surface area contributed by atoms with E-state index in [-0.39, 0.29) is 36.5 Å². The minimum absolute atomic E-state index is 0. The first-order valence-corrected chi connectivity index (χ1v) is 8.43. The molecule has 0 saturated carbocycles. The number of fused-ring (bicyclic) bond motifs is 1. The summed E-state index contributed by atoms with van der Waals surface area (Å²) in [4.78, 5) is 31.2. The number of carbonyl (C=O) groups excluding carboxylic acids is 1. The Bertz CT molecular complexity index is 810. The molecule has 24 heavy (non-hydrogen) atoms. The molecule has 2 N–H and O–H groups in total. The summed E-state index contributed by atoms with van der Waals surface area (Å²) in [5.74, 6) is 0.281. The van der Waals surface area contributed by atoms with E-state index in [1.807, 2.05) is 17.9 Å². The Morgan fingerprint density at radius 1 is 1.46 bits per heavy atom. The summed E-state index contributed by atoms with van der Waals surface area (Å²) in [7, 11) is 0. The second-order valence-electron chi connectivity index (χ2n) is 6.07. The molecule has 0 radical (unpaired) electrons. The third-order valence-electron chi connectivity index (χ3n) is 4.41. The molecular formula is C16H20BrClN4O2. The van der Waals surface area contributed by atoms with Crippen molar-refractivity contribution < 1.29 is 4.79 Å². The van der Waals surface area contributed by atoms with Crippen molar-refractivity contribution in [3.8, 4) is 0 Å². The molecule has 1 saturated heterocycles. The molecule has 1 aromatic heterocycles. The van der Waals surface area contributed by atoms with Crippen LogP contribution in [0, 0.1) is 5.92 Å². The summed E-state index contributed by atoms with van der Waals surface area (Å²) >= 11 is 3.36. The summed E-state index contributed by atoms with van der Waals surface area (Å²) in [6.45, 7) is 3.28. The Morgan fingerprint density at radius 3 is 2.88 bits per heavy atom. The van der Waals surface area contributed by atoms with Crippen LogP contribution in [-0.2, 0) is 11.3 Å². The number of hydrogen-bond donors (Lipinski definition) is 1. The van der Waals surface area contributed by atoms with E-state index < -0.39 is 0 Å². The maximum absolute atomic E-state index is 12.5. The quantitative estimate of drug-likeness (QED) is 0.828. The van der Waals surface area contributed by atoms with E-state index in [0.717, 1.165) is 10.9 Å². The summed E-state index contributed by atoms with van der Waals surface area (Å²) < 4.78 is 2.19. The Balaban J connectivity index is 0.00000208. The number of benzene rings is 1. The molecule has 1 amide bonds. The number of nitrogens with zero attached hydrogens (tertiary/aromatic N) is 3. The van der Waals surface area contributed by atoms with Crippen LogP contribution in [0.15, 0.2) is 33.8 Å². The van der Waals surface area contributed by atoms with Gasteiger partial charge in [0, 0.05) is 17.1 Å². The van der Waals surface area contributed by atoms with Crippen LogP contribution in [0.3, 0.4) is 0 Å². The predicted octanol–water partition coefficient (Wildman–Crippen LogP) is 1.78. The van der Waals surface area contributed by atoms with Crippen molar-refractivity contribution >= 4 is 45.1 Å². The lowest BCUT2D eigenvalue weighted by molar-refractivity contribution is -0.132. The van der Waals surface area contributed by atoms with E-state index >= 15 is 0 Å². The van der Waals surface area contributed by atoms with E-state index in [0.29, 0.717) is 29.9 Å². The predicted molar refractivity (Wildman–Crippen MR) is 99.3 cm³/mol. The van der Waals surface area contributed by atoms with Gasteiger partial charge in [0.2, 0.25) is 5.91 Å². The van der Waals surface area contributed by atoms with Gasteiger partial charge in [-0.2, -0.15) is 0 Å². The van der Waals surface area contributed by atoms with E-state index in [9.17, 15) is 9.59 Å². The zero-order chi connectivity index (χ0) is 16.6. The third kappa shape index (κ3) is 3.63. The molecule has 1 fully saturated rings. The number of nitrogens with two attached hydrogens (primary N) is 1. The van der Waals surface area contributed by atoms with Gasteiger partial charge in [-0.05, 0) is 44.0 Å². The van der Waals surface area contributed by atoms with Crippen LogP contribution in [0.2, 0.25) is 0 Å². The molecule has 0 bridgehead atoms. The normalized spacial score (nSPS) is 20.2.